The summed E-state index contributed by atoms with van der Waals surface area (Å²) in [5.74, 6) is -0.428. The molecule has 0 radical (unpaired) electrons. The molecule has 0 fully saturated rings. The van der Waals surface area contributed by atoms with Crippen LogP contribution in [0.15, 0.2) is 4.99 Å². The maximum Gasteiger partial charge on any atom is 0.527 e. The molecule has 0 aromatic rings. The molecule has 0 spiro atoms. The van der Waals surface area contributed by atoms with Crippen LogP contribution in [-0.2, 0) is 13.9 Å². The Bertz CT molecular complexity index is 309. The third kappa shape index (κ3) is 3.45. The average Bonchev–Trinajstić information content (AvgIpc) is 2.01. The second-order valence-electron chi connectivity index (χ2n) is 2.85. The molecule has 0 aliphatic carbocycles. The highest BCUT2D eigenvalue weighted by Gasteiger charge is 2.28. The Morgan fingerprint density at radius 2 is 2.36 bits per heavy atom. The molecule has 0 bridgehead atoms. The van der Waals surface area contributed by atoms with E-state index in [2.05, 4.69) is 14.8 Å². The summed E-state index contributed by atoms with van der Waals surface area (Å²) >= 11 is 0. The van der Waals surface area contributed by atoms with Gasteiger partial charge >= 0.3 is 13.8 Å². The zero-order valence-electron chi connectivity index (χ0n) is 7.51. The van der Waals surface area contributed by atoms with Crippen molar-refractivity contribution in [1.82, 2.24) is 5.32 Å². The van der Waals surface area contributed by atoms with Crippen molar-refractivity contribution in [3.63, 3.8) is 0 Å². The van der Waals surface area contributed by atoms with Crippen LogP contribution in [0.1, 0.15) is 13.3 Å². The minimum absolute atomic E-state index is 0.371. The van der Waals surface area contributed by atoms with Crippen molar-refractivity contribution in [3.8, 4) is 0 Å². The molecule has 1 rings (SSSR count). The molecule has 0 aromatic carbocycles. The maximum atomic E-state index is 11.1. The van der Waals surface area contributed by atoms with Gasteiger partial charge in [0.15, 0.2) is 6.04 Å². The van der Waals surface area contributed by atoms with Crippen molar-refractivity contribution in [2.75, 3.05) is 6.54 Å². The number of aliphatic imine (C=N–C) groups is 1. The summed E-state index contributed by atoms with van der Waals surface area (Å²) in [5.41, 5.74) is 0. The molecule has 14 heavy (non-hydrogen) atoms. The molecule has 0 unspecified atom stereocenters. The van der Waals surface area contributed by atoms with E-state index in [0.29, 0.717) is 18.8 Å². The Hall–Kier alpha value is -0.910. The van der Waals surface area contributed by atoms with Crippen molar-refractivity contribution in [1.29, 1.82) is 0 Å². The summed E-state index contributed by atoms with van der Waals surface area (Å²) < 4.78 is 14.3. The molecule has 80 valence electrons. The van der Waals surface area contributed by atoms with Crippen molar-refractivity contribution >= 4 is 19.6 Å². The molecular weight excluding hydrogens is 211 g/mol. The lowest BCUT2D eigenvalue weighted by Crippen LogP contribution is -2.35. The van der Waals surface area contributed by atoms with Gasteiger partial charge in [0, 0.05) is 6.54 Å². The quantitative estimate of drug-likeness (QED) is 0.538. The first-order valence-electron chi connectivity index (χ1n) is 3.96. The zero-order chi connectivity index (χ0) is 10.8. The first-order chi connectivity index (χ1) is 6.38. The Kier molecular flexibility index (Phi) is 3.25. The molecule has 1 aliphatic rings. The molecular formula is C6H11N2O5P. The molecule has 8 heteroatoms. The number of phosphoric acid groups is 1. The van der Waals surface area contributed by atoms with E-state index in [0.717, 1.165) is 0 Å². The Labute approximate surface area is 80.4 Å². The zero-order valence-corrected chi connectivity index (χ0v) is 8.40. The van der Waals surface area contributed by atoms with Gasteiger partial charge in [-0.25, -0.2) is 9.36 Å². The number of hydrogen-bond donors (Lipinski definition) is 3. The van der Waals surface area contributed by atoms with E-state index < -0.39 is 19.8 Å². The van der Waals surface area contributed by atoms with Crippen molar-refractivity contribution in [2.24, 2.45) is 4.99 Å². The van der Waals surface area contributed by atoms with Crippen LogP contribution in [-0.4, -0.2) is 34.2 Å². The van der Waals surface area contributed by atoms with Gasteiger partial charge < -0.3 is 9.84 Å². The molecule has 1 heterocycles. The Balaban J connectivity index is 2.61. The van der Waals surface area contributed by atoms with E-state index in [1.165, 1.54) is 0 Å². The van der Waals surface area contributed by atoms with Gasteiger partial charge in [-0.05, 0) is 13.3 Å². The van der Waals surface area contributed by atoms with E-state index in [-0.39, 0.29) is 0 Å². The summed E-state index contributed by atoms with van der Waals surface area (Å²) in [7, 11) is -4.75. The van der Waals surface area contributed by atoms with Crippen molar-refractivity contribution in [3.05, 3.63) is 0 Å². The first-order valence-corrected chi connectivity index (χ1v) is 5.49. The average molecular weight is 222 g/mol. The van der Waals surface area contributed by atoms with Gasteiger partial charge in [-0.15, -0.1) is 0 Å². The van der Waals surface area contributed by atoms with Gasteiger partial charge in [0.1, 0.15) is 0 Å². The highest BCUT2D eigenvalue weighted by Crippen LogP contribution is 2.36. The molecule has 1 atom stereocenters. The summed E-state index contributed by atoms with van der Waals surface area (Å²) in [6, 6.07) is -0.816. The number of rotatable bonds is 2. The third-order valence-electron chi connectivity index (χ3n) is 1.63. The monoisotopic (exact) mass is 222 g/mol. The molecule has 7 nitrogen and oxygen atoms in total. The molecule has 0 saturated carbocycles. The van der Waals surface area contributed by atoms with Crippen LogP contribution in [0.5, 0.6) is 0 Å². The van der Waals surface area contributed by atoms with E-state index in [9.17, 15) is 9.36 Å². The number of amidine groups is 1. The lowest BCUT2D eigenvalue weighted by Gasteiger charge is -2.18. The van der Waals surface area contributed by atoms with Gasteiger partial charge in [-0.2, -0.15) is 0 Å². The predicted molar refractivity (Wildman–Crippen MR) is 47.7 cm³/mol. The van der Waals surface area contributed by atoms with Crippen LogP contribution in [0, 0.1) is 0 Å². The van der Waals surface area contributed by atoms with Crippen LogP contribution in [0.4, 0.5) is 0 Å². The van der Waals surface area contributed by atoms with E-state index in [4.69, 9.17) is 9.79 Å². The fourth-order valence-corrected chi connectivity index (χ4v) is 1.44. The lowest BCUT2D eigenvalue weighted by atomic mass is 10.2. The van der Waals surface area contributed by atoms with Crippen molar-refractivity contribution < 1.29 is 23.7 Å². The number of carbonyl (C=O) groups is 1. The van der Waals surface area contributed by atoms with E-state index in [1.807, 2.05) is 0 Å². The summed E-state index contributed by atoms with van der Waals surface area (Å²) in [6.45, 7) is 2.20. The van der Waals surface area contributed by atoms with Gasteiger partial charge in [-0.3, -0.25) is 14.8 Å². The summed E-state index contributed by atoms with van der Waals surface area (Å²) in [6.07, 6.45) is 0.371. The fourth-order valence-electron chi connectivity index (χ4n) is 1.08. The summed E-state index contributed by atoms with van der Waals surface area (Å²) in [5, 5.41) is 2.88. The van der Waals surface area contributed by atoms with Gasteiger partial charge in [0.25, 0.3) is 0 Å². The maximum absolute atomic E-state index is 11.1. The van der Waals surface area contributed by atoms with E-state index >= 15 is 0 Å². The Morgan fingerprint density at radius 3 is 2.86 bits per heavy atom. The highest BCUT2D eigenvalue weighted by molar-refractivity contribution is 7.46. The van der Waals surface area contributed by atoms with E-state index in [1.54, 1.807) is 6.92 Å². The molecule has 0 aromatic heterocycles. The minimum Gasteiger partial charge on any atom is -0.374 e. The number of phosphoric ester groups is 1. The lowest BCUT2D eigenvalue weighted by molar-refractivity contribution is -0.137. The Morgan fingerprint density at radius 1 is 1.71 bits per heavy atom. The molecule has 3 N–H and O–H groups in total. The largest absolute Gasteiger partial charge is 0.527 e. The summed E-state index contributed by atoms with van der Waals surface area (Å²) in [4.78, 5) is 31.7. The minimum atomic E-state index is -4.75. The van der Waals surface area contributed by atoms with Crippen LogP contribution >= 0.6 is 7.82 Å². The normalized spacial score (nSPS) is 22.2. The van der Waals surface area contributed by atoms with Gasteiger partial charge in [-0.1, -0.05) is 0 Å². The molecule has 0 amide bonds. The van der Waals surface area contributed by atoms with Crippen LogP contribution < -0.4 is 5.32 Å². The van der Waals surface area contributed by atoms with Gasteiger partial charge in [0.05, 0.1) is 5.84 Å². The number of carbonyl (C=O) groups excluding carboxylic acids is 1. The molecule has 1 aliphatic heterocycles. The van der Waals surface area contributed by atoms with Crippen molar-refractivity contribution in [2.45, 2.75) is 19.4 Å². The van der Waals surface area contributed by atoms with Gasteiger partial charge in [0.2, 0.25) is 0 Å². The van der Waals surface area contributed by atoms with Crippen LogP contribution in [0.2, 0.25) is 0 Å². The fraction of sp³-hybridized carbons (Fsp3) is 0.667. The van der Waals surface area contributed by atoms with Crippen LogP contribution in [0.3, 0.4) is 0 Å². The predicted octanol–water partition coefficient (Wildman–Crippen LogP) is -0.597. The topological polar surface area (TPSA) is 108 Å². The standard InChI is InChI=1S/C6H11N2O5P/c1-4-7-3-2-5(8-4)6(9)13-14(10,11)12/h5H,2-3H2,1H3,(H,7,8)(H2,10,11,12)/t5-/m0/s1. The van der Waals surface area contributed by atoms with Crippen LogP contribution in [0.25, 0.3) is 0 Å². The molecule has 0 saturated heterocycles. The number of hydrogen-bond acceptors (Lipinski definition) is 5. The highest BCUT2D eigenvalue weighted by atomic mass is 31.2. The first kappa shape index (κ1) is 11.2. The second kappa shape index (κ2) is 4.08. The number of nitrogens with zero attached hydrogens (tertiary/aromatic N) is 1. The smallest absolute Gasteiger partial charge is 0.374 e. The third-order valence-corrected chi connectivity index (χ3v) is 2.05. The number of nitrogens with one attached hydrogen (secondary N) is 1. The SMILES string of the molecule is CC1=N[C@H](C(=O)OP(=O)(O)O)CCN1. The second-order valence-corrected chi connectivity index (χ2v) is 4.01.